The van der Waals surface area contributed by atoms with E-state index in [0.29, 0.717) is 17.3 Å². The number of rotatable bonds is 4. The first-order valence-corrected chi connectivity index (χ1v) is 10.2. The summed E-state index contributed by atoms with van der Waals surface area (Å²) in [6.45, 7) is 4.14. The van der Waals surface area contributed by atoms with E-state index < -0.39 is 9.84 Å². The molecule has 0 radical (unpaired) electrons. The Bertz CT molecular complexity index is 790. The molecular formula is C16H17FN2O3S2. The molecule has 24 heavy (non-hydrogen) atoms. The van der Waals surface area contributed by atoms with Gasteiger partial charge in [-0.15, -0.1) is 6.58 Å². The van der Waals surface area contributed by atoms with Crippen LogP contribution in [0.2, 0.25) is 0 Å². The minimum absolute atomic E-state index is 0.0832. The molecule has 1 aromatic carbocycles. The summed E-state index contributed by atoms with van der Waals surface area (Å²) in [6, 6.07) is 5.56. The number of carbonyl (C=O) groups excluding carboxylic acids is 1. The van der Waals surface area contributed by atoms with Crippen LogP contribution in [0.3, 0.4) is 0 Å². The summed E-state index contributed by atoms with van der Waals surface area (Å²) in [5.74, 6) is -0.485. The monoisotopic (exact) mass is 368 g/mol. The molecule has 2 aliphatic rings. The van der Waals surface area contributed by atoms with Crippen LogP contribution in [-0.4, -0.2) is 53.7 Å². The van der Waals surface area contributed by atoms with Crippen LogP contribution in [0.1, 0.15) is 5.56 Å². The van der Waals surface area contributed by atoms with Gasteiger partial charge in [0.05, 0.1) is 24.0 Å². The highest BCUT2D eigenvalue weighted by molar-refractivity contribution is 8.15. The number of amides is 1. The number of hydrogen-bond acceptors (Lipinski definition) is 4. The maximum atomic E-state index is 12.9. The molecular weight excluding hydrogens is 351 g/mol. The van der Waals surface area contributed by atoms with Gasteiger partial charge >= 0.3 is 0 Å². The first-order chi connectivity index (χ1) is 11.4. The highest BCUT2D eigenvalue weighted by Crippen LogP contribution is 2.38. The molecule has 3 rings (SSSR count). The van der Waals surface area contributed by atoms with Crippen molar-refractivity contribution in [3.8, 4) is 0 Å². The van der Waals surface area contributed by atoms with Crippen LogP contribution in [0.25, 0.3) is 0 Å². The predicted molar refractivity (Wildman–Crippen MR) is 93.3 cm³/mol. The second kappa shape index (κ2) is 6.68. The summed E-state index contributed by atoms with van der Waals surface area (Å²) < 4.78 is 36.5. The molecule has 2 unspecified atom stereocenters. The second-order valence-electron chi connectivity index (χ2n) is 5.83. The molecule has 2 atom stereocenters. The molecule has 128 valence electrons. The minimum Gasteiger partial charge on any atom is -0.342 e. The largest absolute Gasteiger partial charge is 0.342 e. The quantitative estimate of drug-likeness (QED) is 0.756. The van der Waals surface area contributed by atoms with Crippen molar-refractivity contribution in [3.05, 3.63) is 48.3 Å². The van der Waals surface area contributed by atoms with Crippen molar-refractivity contribution in [1.29, 1.82) is 0 Å². The van der Waals surface area contributed by atoms with E-state index in [1.807, 2.05) is 4.90 Å². The Morgan fingerprint density at radius 1 is 1.38 bits per heavy atom. The third-order valence-corrected chi connectivity index (χ3v) is 7.24. The van der Waals surface area contributed by atoms with Gasteiger partial charge in [-0.25, -0.2) is 12.8 Å². The smallest absolute Gasteiger partial charge is 0.252 e. The number of thioether (sulfide) groups is 1. The molecule has 2 saturated heterocycles. The lowest BCUT2D eigenvalue weighted by atomic mass is 10.1. The van der Waals surface area contributed by atoms with Crippen molar-refractivity contribution < 1.29 is 17.6 Å². The van der Waals surface area contributed by atoms with Gasteiger partial charge in [0.2, 0.25) is 0 Å². The fourth-order valence-corrected chi connectivity index (χ4v) is 6.89. The van der Waals surface area contributed by atoms with Crippen LogP contribution in [0.15, 0.2) is 41.9 Å². The number of sulfone groups is 1. The second-order valence-corrected chi connectivity index (χ2v) is 9.19. The summed E-state index contributed by atoms with van der Waals surface area (Å²) in [5, 5.41) is 0.458. The lowest BCUT2D eigenvalue weighted by molar-refractivity contribution is -0.117. The van der Waals surface area contributed by atoms with E-state index in [-0.39, 0.29) is 40.9 Å². The van der Waals surface area contributed by atoms with Gasteiger partial charge in [-0.3, -0.25) is 4.79 Å². The lowest BCUT2D eigenvalue weighted by Gasteiger charge is -2.22. The van der Waals surface area contributed by atoms with E-state index in [4.69, 9.17) is 0 Å². The molecule has 2 heterocycles. The maximum absolute atomic E-state index is 12.9. The first kappa shape index (κ1) is 17.2. The molecule has 0 aliphatic carbocycles. The standard InChI is InChI=1S/C16H17FN2O3S2/c1-2-7-19-13-9-24(21,22)10-14(13)23-16(19)18-15(20)8-11-3-5-12(17)6-4-11/h2-6,13-14H,1,7-10H2. The van der Waals surface area contributed by atoms with E-state index in [1.54, 1.807) is 18.2 Å². The number of benzene rings is 1. The van der Waals surface area contributed by atoms with E-state index in [9.17, 15) is 17.6 Å². The van der Waals surface area contributed by atoms with Gasteiger partial charge in [0, 0.05) is 11.8 Å². The van der Waals surface area contributed by atoms with Crippen molar-refractivity contribution >= 4 is 32.7 Å². The molecule has 1 amide bonds. The Morgan fingerprint density at radius 3 is 2.75 bits per heavy atom. The molecule has 2 fully saturated rings. The average molecular weight is 368 g/mol. The summed E-state index contributed by atoms with van der Waals surface area (Å²) in [4.78, 5) is 18.2. The number of halogens is 1. The maximum Gasteiger partial charge on any atom is 0.252 e. The fraction of sp³-hybridized carbons (Fsp3) is 0.375. The third kappa shape index (κ3) is 3.70. The van der Waals surface area contributed by atoms with Crippen molar-refractivity contribution in [2.75, 3.05) is 18.1 Å². The normalized spacial score (nSPS) is 26.5. The van der Waals surface area contributed by atoms with Crippen LogP contribution >= 0.6 is 11.8 Å². The van der Waals surface area contributed by atoms with Crippen molar-refractivity contribution in [1.82, 2.24) is 4.90 Å². The molecule has 0 bridgehead atoms. The average Bonchev–Trinajstić information content (AvgIpc) is 2.95. The summed E-state index contributed by atoms with van der Waals surface area (Å²) in [5.41, 5.74) is 0.687. The molecule has 0 aromatic heterocycles. The topological polar surface area (TPSA) is 66.8 Å². The number of aliphatic imine (C=N–C) groups is 1. The predicted octanol–water partition coefficient (Wildman–Crippen LogP) is 1.65. The minimum atomic E-state index is -3.03. The number of hydrogen-bond donors (Lipinski definition) is 0. The van der Waals surface area contributed by atoms with Gasteiger partial charge in [-0.1, -0.05) is 30.0 Å². The van der Waals surface area contributed by atoms with Crippen LogP contribution in [0, 0.1) is 5.82 Å². The lowest BCUT2D eigenvalue weighted by Crippen LogP contribution is -2.37. The Labute approximate surface area is 144 Å². The van der Waals surface area contributed by atoms with Gasteiger partial charge in [-0.2, -0.15) is 4.99 Å². The summed E-state index contributed by atoms with van der Waals surface area (Å²) in [6.07, 6.45) is 1.76. The Kier molecular flexibility index (Phi) is 4.78. The zero-order chi connectivity index (χ0) is 17.3. The summed E-state index contributed by atoms with van der Waals surface area (Å²) in [7, 11) is -3.03. The van der Waals surface area contributed by atoms with Gasteiger partial charge in [0.1, 0.15) is 5.82 Å². The molecule has 0 saturated carbocycles. The molecule has 2 aliphatic heterocycles. The van der Waals surface area contributed by atoms with Crippen LogP contribution < -0.4 is 0 Å². The van der Waals surface area contributed by atoms with Crippen LogP contribution in [0.5, 0.6) is 0 Å². The zero-order valence-corrected chi connectivity index (χ0v) is 14.5. The number of fused-ring (bicyclic) bond motifs is 1. The molecule has 0 spiro atoms. The molecule has 1 aromatic rings. The van der Waals surface area contributed by atoms with Gasteiger partial charge in [0.15, 0.2) is 15.0 Å². The number of nitrogens with zero attached hydrogens (tertiary/aromatic N) is 2. The molecule has 5 nitrogen and oxygen atoms in total. The Hall–Kier alpha value is -1.67. The molecule has 0 N–H and O–H groups in total. The van der Waals surface area contributed by atoms with Crippen LogP contribution in [-0.2, 0) is 21.1 Å². The Balaban J connectivity index is 1.75. The van der Waals surface area contributed by atoms with Crippen molar-refractivity contribution in [3.63, 3.8) is 0 Å². The number of carbonyl (C=O) groups is 1. The van der Waals surface area contributed by atoms with Crippen LogP contribution in [0.4, 0.5) is 4.39 Å². The summed E-state index contributed by atoms with van der Waals surface area (Å²) >= 11 is 1.34. The highest BCUT2D eigenvalue weighted by Gasteiger charge is 2.48. The highest BCUT2D eigenvalue weighted by atomic mass is 32.2. The van der Waals surface area contributed by atoms with Gasteiger partial charge in [-0.05, 0) is 17.7 Å². The van der Waals surface area contributed by atoms with E-state index in [0.717, 1.165) is 0 Å². The van der Waals surface area contributed by atoms with E-state index >= 15 is 0 Å². The van der Waals surface area contributed by atoms with Crippen molar-refractivity contribution in [2.24, 2.45) is 4.99 Å². The van der Waals surface area contributed by atoms with Gasteiger partial charge in [0.25, 0.3) is 5.91 Å². The first-order valence-electron chi connectivity index (χ1n) is 7.48. The van der Waals surface area contributed by atoms with E-state index in [2.05, 4.69) is 11.6 Å². The zero-order valence-electron chi connectivity index (χ0n) is 12.9. The van der Waals surface area contributed by atoms with Gasteiger partial charge < -0.3 is 4.90 Å². The number of amidine groups is 1. The Morgan fingerprint density at radius 2 is 2.08 bits per heavy atom. The third-order valence-electron chi connectivity index (χ3n) is 3.99. The fourth-order valence-electron chi connectivity index (χ4n) is 2.91. The van der Waals surface area contributed by atoms with E-state index in [1.165, 1.54) is 23.9 Å². The SMILES string of the molecule is C=CCN1C(=NC(=O)Cc2ccc(F)cc2)SC2CS(=O)(=O)CC21. The molecule has 8 heteroatoms. The van der Waals surface area contributed by atoms with Crippen molar-refractivity contribution in [2.45, 2.75) is 17.7 Å².